The molecule has 0 aliphatic carbocycles. The van der Waals surface area contributed by atoms with E-state index in [0.29, 0.717) is 11.5 Å². The molecule has 4 aromatic rings. The normalized spacial score (nSPS) is 13.3. The first-order valence-corrected chi connectivity index (χ1v) is 10.1. The van der Waals surface area contributed by atoms with Crippen LogP contribution in [0.4, 0.5) is 0 Å². The molecule has 0 radical (unpaired) electrons. The highest BCUT2D eigenvalue weighted by Crippen LogP contribution is 2.30. The number of aromatic nitrogens is 2. The molecule has 0 bridgehead atoms. The molecule has 1 heterocycles. The monoisotopic (exact) mass is 415 g/mol. The molecule has 6 heteroatoms. The number of carboxylic acid groups (broad SMARTS) is 1. The van der Waals surface area contributed by atoms with Gasteiger partial charge in [-0.05, 0) is 79.8 Å². The van der Waals surface area contributed by atoms with Crippen LogP contribution in [0.5, 0.6) is 11.5 Å². The molecule has 1 N–H and O–H groups in total. The van der Waals surface area contributed by atoms with Gasteiger partial charge in [-0.1, -0.05) is 18.2 Å². The van der Waals surface area contributed by atoms with Crippen molar-refractivity contribution in [1.29, 1.82) is 0 Å². The Balaban J connectivity index is 1.62. The zero-order valence-corrected chi connectivity index (χ0v) is 17.8. The van der Waals surface area contributed by atoms with Gasteiger partial charge < -0.3 is 19.3 Å². The van der Waals surface area contributed by atoms with Crippen LogP contribution in [0.15, 0.2) is 79.4 Å². The molecule has 0 saturated carbocycles. The minimum Gasteiger partial charge on any atom is -0.478 e. The smallest absolute Gasteiger partial charge is 0.335 e. The number of rotatable bonds is 7. The Labute approximate surface area is 181 Å². The van der Waals surface area contributed by atoms with Crippen molar-refractivity contribution in [3.63, 3.8) is 0 Å². The van der Waals surface area contributed by atoms with E-state index in [9.17, 15) is 4.79 Å². The van der Waals surface area contributed by atoms with E-state index in [0.717, 1.165) is 10.8 Å². The molecule has 0 amide bonds. The fraction of sp³-hybridized carbons (Fsp3) is 0.200. The minimum atomic E-state index is -0.953. The maximum absolute atomic E-state index is 11.0. The van der Waals surface area contributed by atoms with Gasteiger partial charge in [-0.2, -0.15) is 0 Å². The molecule has 0 spiro atoms. The van der Waals surface area contributed by atoms with Gasteiger partial charge in [0.05, 0.1) is 17.9 Å². The lowest BCUT2D eigenvalue weighted by atomic mass is 9.96. The van der Waals surface area contributed by atoms with Crippen molar-refractivity contribution >= 4 is 16.7 Å². The van der Waals surface area contributed by atoms with Crippen molar-refractivity contribution < 1.29 is 14.6 Å². The maximum Gasteiger partial charge on any atom is 0.335 e. The molecule has 31 heavy (non-hydrogen) atoms. The Morgan fingerprint density at radius 3 is 2.32 bits per heavy atom. The predicted molar refractivity (Wildman–Crippen MR) is 121 cm³/mol. The highest BCUT2D eigenvalue weighted by atomic mass is 16.5. The van der Waals surface area contributed by atoms with Gasteiger partial charge in [0.15, 0.2) is 0 Å². The third-order valence-electron chi connectivity index (χ3n) is 5.63. The van der Waals surface area contributed by atoms with Gasteiger partial charge in [0.25, 0.3) is 0 Å². The van der Waals surface area contributed by atoms with Crippen LogP contribution in [0.3, 0.4) is 0 Å². The van der Waals surface area contributed by atoms with E-state index in [1.54, 1.807) is 12.1 Å². The van der Waals surface area contributed by atoms with Crippen LogP contribution >= 0.6 is 0 Å². The van der Waals surface area contributed by atoms with Gasteiger partial charge in [-0.15, -0.1) is 0 Å². The molecule has 2 atom stereocenters. The molecule has 6 nitrogen and oxygen atoms in total. The summed E-state index contributed by atoms with van der Waals surface area (Å²) in [6.07, 6.45) is 5.67. The van der Waals surface area contributed by atoms with Crippen LogP contribution in [0.25, 0.3) is 10.8 Å². The van der Waals surface area contributed by atoms with Crippen molar-refractivity contribution in [3.05, 3.63) is 90.5 Å². The lowest BCUT2D eigenvalue weighted by molar-refractivity contribution is 0.0697. The number of carbonyl (C=O) groups is 1. The zero-order valence-electron chi connectivity index (χ0n) is 17.8. The molecule has 0 aliphatic rings. The van der Waals surface area contributed by atoms with Gasteiger partial charge in [-0.25, -0.2) is 9.78 Å². The van der Waals surface area contributed by atoms with Crippen LogP contribution < -0.4 is 4.74 Å². The summed E-state index contributed by atoms with van der Waals surface area (Å²) in [6.45, 7) is 2.21. The molecule has 0 fully saturated rings. The summed E-state index contributed by atoms with van der Waals surface area (Å²) < 4.78 is 8.06. The third kappa shape index (κ3) is 4.44. The third-order valence-corrected chi connectivity index (χ3v) is 5.63. The average molecular weight is 415 g/mol. The van der Waals surface area contributed by atoms with Crippen LogP contribution in [-0.2, 0) is 0 Å². The number of hydrogen-bond donors (Lipinski definition) is 1. The summed E-state index contributed by atoms with van der Waals surface area (Å²) in [5.41, 5.74) is 1.45. The number of carboxylic acids is 1. The molecule has 3 aromatic carbocycles. The number of nitrogens with zero attached hydrogens (tertiary/aromatic N) is 3. The molecular formula is C25H25N3O3. The van der Waals surface area contributed by atoms with Crippen LogP contribution in [0.2, 0.25) is 0 Å². The number of hydrogen-bond acceptors (Lipinski definition) is 4. The Hall–Kier alpha value is -3.64. The van der Waals surface area contributed by atoms with Gasteiger partial charge in [0.1, 0.15) is 11.5 Å². The molecule has 0 saturated heterocycles. The first kappa shape index (κ1) is 20.6. The molecule has 1 aromatic heterocycles. The highest BCUT2D eigenvalue weighted by Gasteiger charge is 2.22. The summed E-state index contributed by atoms with van der Waals surface area (Å²) in [7, 11) is 4.17. The number of fused-ring (bicyclic) bond motifs is 1. The van der Waals surface area contributed by atoms with Crippen molar-refractivity contribution in [2.24, 2.45) is 0 Å². The Bertz CT molecular complexity index is 1180. The second-order valence-corrected chi connectivity index (χ2v) is 7.86. The van der Waals surface area contributed by atoms with Crippen LogP contribution in [0, 0.1) is 0 Å². The van der Waals surface area contributed by atoms with Crippen LogP contribution in [0.1, 0.15) is 28.9 Å². The van der Waals surface area contributed by atoms with E-state index in [-0.39, 0.29) is 17.6 Å². The van der Waals surface area contributed by atoms with E-state index in [1.165, 1.54) is 17.7 Å². The first-order chi connectivity index (χ1) is 14.9. The average Bonchev–Trinajstić information content (AvgIpc) is 3.28. The fourth-order valence-corrected chi connectivity index (χ4v) is 3.71. The summed E-state index contributed by atoms with van der Waals surface area (Å²) in [4.78, 5) is 17.4. The SMILES string of the molecule is CC(C(c1ccc2cc(Oc3ccc(C(=O)O)cc3)ccc2c1)n1ccnc1)N(C)C. The topological polar surface area (TPSA) is 67.6 Å². The summed E-state index contributed by atoms with van der Waals surface area (Å²) in [6, 6.07) is 19.3. The zero-order chi connectivity index (χ0) is 22.0. The Morgan fingerprint density at radius 2 is 1.68 bits per heavy atom. The van der Waals surface area contributed by atoms with Crippen LogP contribution in [-0.4, -0.2) is 45.7 Å². The van der Waals surface area contributed by atoms with Crippen molar-refractivity contribution in [3.8, 4) is 11.5 Å². The first-order valence-electron chi connectivity index (χ1n) is 10.1. The van der Waals surface area contributed by atoms with Gasteiger partial charge in [0.2, 0.25) is 0 Å². The Kier molecular flexibility index (Phi) is 5.73. The number of ether oxygens (including phenoxy) is 1. The minimum absolute atomic E-state index is 0.144. The van der Waals surface area contributed by atoms with E-state index < -0.39 is 5.97 Å². The van der Waals surface area contributed by atoms with Gasteiger partial charge in [0, 0.05) is 18.4 Å². The highest BCUT2D eigenvalue weighted by molar-refractivity contribution is 5.87. The largest absolute Gasteiger partial charge is 0.478 e. The second-order valence-electron chi connectivity index (χ2n) is 7.86. The van der Waals surface area contributed by atoms with E-state index in [2.05, 4.69) is 53.7 Å². The number of benzene rings is 3. The van der Waals surface area contributed by atoms with E-state index in [4.69, 9.17) is 9.84 Å². The standard InChI is InChI=1S/C25H25N3O3/c1-17(27(2)3)24(28-13-12-26-16-28)21-5-4-20-15-23(11-8-19(20)14-21)31-22-9-6-18(7-10-22)25(29)30/h4-17,24H,1-3H3,(H,29,30). The molecule has 0 aliphatic heterocycles. The summed E-state index contributed by atoms with van der Waals surface area (Å²) in [5.74, 6) is 0.350. The predicted octanol–water partition coefficient (Wildman–Crippen LogP) is 5.07. The lowest BCUT2D eigenvalue weighted by Crippen LogP contribution is -2.34. The lowest BCUT2D eigenvalue weighted by Gasteiger charge is -2.31. The molecule has 158 valence electrons. The number of imidazole rings is 1. The number of aromatic carboxylic acids is 1. The van der Waals surface area contributed by atoms with Gasteiger partial charge in [-0.3, -0.25) is 0 Å². The summed E-state index contributed by atoms with van der Waals surface area (Å²) in [5, 5.41) is 11.2. The summed E-state index contributed by atoms with van der Waals surface area (Å²) >= 11 is 0. The van der Waals surface area contributed by atoms with E-state index >= 15 is 0 Å². The van der Waals surface area contributed by atoms with Gasteiger partial charge >= 0.3 is 5.97 Å². The van der Waals surface area contributed by atoms with E-state index in [1.807, 2.05) is 36.9 Å². The van der Waals surface area contributed by atoms with Crippen molar-refractivity contribution in [1.82, 2.24) is 14.5 Å². The quantitative estimate of drug-likeness (QED) is 0.457. The van der Waals surface area contributed by atoms with Crippen molar-refractivity contribution in [2.75, 3.05) is 14.1 Å². The fourth-order valence-electron chi connectivity index (χ4n) is 3.71. The second kappa shape index (κ2) is 8.62. The molecular weight excluding hydrogens is 390 g/mol. The number of likely N-dealkylation sites (N-methyl/N-ethyl adjacent to an activating group) is 1. The molecule has 2 unspecified atom stereocenters. The van der Waals surface area contributed by atoms with Crippen molar-refractivity contribution in [2.45, 2.75) is 19.0 Å². The Morgan fingerprint density at radius 1 is 1.00 bits per heavy atom. The maximum atomic E-state index is 11.0. The molecule has 4 rings (SSSR count).